The lowest BCUT2D eigenvalue weighted by molar-refractivity contribution is -0.138. The van der Waals surface area contributed by atoms with E-state index in [2.05, 4.69) is 13.2 Å². The minimum absolute atomic E-state index is 0.236. The second-order valence-electron chi connectivity index (χ2n) is 2.76. The monoisotopic (exact) mass is 183 g/mol. The second kappa shape index (κ2) is 4.45. The van der Waals surface area contributed by atoms with Crippen molar-refractivity contribution in [1.29, 1.82) is 0 Å². The number of hydrogen-bond acceptors (Lipinski definition) is 2. The van der Waals surface area contributed by atoms with Gasteiger partial charge in [-0.05, 0) is 19.9 Å². The molecule has 1 N–H and O–H groups in total. The Balaban J connectivity index is 4.81. The zero-order valence-corrected chi connectivity index (χ0v) is 7.78. The van der Waals surface area contributed by atoms with Gasteiger partial charge in [-0.25, -0.2) is 4.79 Å². The van der Waals surface area contributed by atoms with E-state index in [-0.39, 0.29) is 11.7 Å². The third-order valence-electron chi connectivity index (χ3n) is 1.47. The number of carboxylic acid groups (broad SMARTS) is 1. The van der Waals surface area contributed by atoms with Gasteiger partial charge in [-0.1, -0.05) is 13.2 Å². The summed E-state index contributed by atoms with van der Waals surface area (Å²) >= 11 is 0. The van der Waals surface area contributed by atoms with E-state index < -0.39 is 11.9 Å². The van der Waals surface area contributed by atoms with Crippen molar-refractivity contribution in [3.63, 3.8) is 0 Å². The molecule has 0 unspecified atom stereocenters. The summed E-state index contributed by atoms with van der Waals surface area (Å²) in [5.74, 6) is -1.66. The standard InChI is InChI=1S/C9H13NO3/c1-5-8(11)10(6(2)3)7(4)9(12)13/h5-6H,1,4H2,2-3H3,(H,12,13). The maximum Gasteiger partial charge on any atom is 0.351 e. The van der Waals surface area contributed by atoms with Gasteiger partial charge in [-0.3, -0.25) is 4.79 Å². The number of carboxylic acids is 1. The molecule has 4 heteroatoms. The van der Waals surface area contributed by atoms with Crippen molar-refractivity contribution in [2.75, 3.05) is 0 Å². The summed E-state index contributed by atoms with van der Waals surface area (Å²) in [5, 5.41) is 8.62. The fourth-order valence-electron chi connectivity index (χ4n) is 0.901. The Morgan fingerprint density at radius 2 is 1.92 bits per heavy atom. The van der Waals surface area contributed by atoms with E-state index in [9.17, 15) is 9.59 Å². The fraction of sp³-hybridized carbons (Fsp3) is 0.333. The average Bonchev–Trinajstić information content (AvgIpc) is 2.03. The maximum absolute atomic E-state index is 11.2. The summed E-state index contributed by atoms with van der Waals surface area (Å²) in [6.07, 6.45) is 1.06. The van der Waals surface area contributed by atoms with Crippen molar-refractivity contribution in [3.05, 3.63) is 24.9 Å². The lowest BCUT2D eigenvalue weighted by Crippen LogP contribution is -2.37. The highest BCUT2D eigenvalue weighted by Gasteiger charge is 2.21. The van der Waals surface area contributed by atoms with E-state index in [0.717, 1.165) is 11.0 Å². The minimum Gasteiger partial charge on any atom is -0.477 e. The molecule has 0 aromatic rings. The third-order valence-corrected chi connectivity index (χ3v) is 1.47. The molecule has 0 saturated carbocycles. The Morgan fingerprint density at radius 1 is 1.46 bits per heavy atom. The molecule has 0 aliphatic carbocycles. The molecule has 0 aromatic carbocycles. The van der Waals surface area contributed by atoms with Crippen molar-refractivity contribution in [2.45, 2.75) is 19.9 Å². The summed E-state index contributed by atoms with van der Waals surface area (Å²) in [5.41, 5.74) is -0.236. The summed E-state index contributed by atoms with van der Waals surface area (Å²) < 4.78 is 0. The maximum atomic E-state index is 11.2. The largest absolute Gasteiger partial charge is 0.477 e. The molecular formula is C9H13NO3. The summed E-state index contributed by atoms with van der Waals surface area (Å²) in [7, 11) is 0. The highest BCUT2D eigenvalue weighted by molar-refractivity contribution is 5.96. The van der Waals surface area contributed by atoms with Gasteiger partial charge >= 0.3 is 5.97 Å². The van der Waals surface area contributed by atoms with E-state index in [4.69, 9.17) is 5.11 Å². The van der Waals surface area contributed by atoms with Gasteiger partial charge in [-0.15, -0.1) is 0 Å². The summed E-state index contributed by atoms with van der Waals surface area (Å²) in [4.78, 5) is 22.8. The summed E-state index contributed by atoms with van der Waals surface area (Å²) in [6, 6.07) is -0.242. The van der Waals surface area contributed by atoms with Crippen LogP contribution in [0, 0.1) is 0 Å². The molecule has 0 rings (SSSR count). The molecule has 13 heavy (non-hydrogen) atoms. The highest BCUT2D eigenvalue weighted by atomic mass is 16.4. The Morgan fingerprint density at radius 3 is 2.15 bits per heavy atom. The first-order valence-electron chi connectivity index (χ1n) is 3.79. The first-order chi connectivity index (χ1) is 5.91. The first-order valence-corrected chi connectivity index (χ1v) is 3.79. The van der Waals surface area contributed by atoms with Crippen LogP contribution >= 0.6 is 0 Å². The Hall–Kier alpha value is -1.58. The molecule has 0 spiro atoms. The van der Waals surface area contributed by atoms with Gasteiger partial charge in [-0.2, -0.15) is 0 Å². The number of aliphatic carboxylic acids is 1. The van der Waals surface area contributed by atoms with Crippen LogP contribution in [0.3, 0.4) is 0 Å². The molecule has 0 heterocycles. The molecule has 0 radical (unpaired) electrons. The van der Waals surface area contributed by atoms with Crippen LogP contribution in [0.1, 0.15) is 13.8 Å². The zero-order chi connectivity index (χ0) is 10.6. The number of hydrogen-bond donors (Lipinski definition) is 1. The zero-order valence-electron chi connectivity index (χ0n) is 7.78. The van der Waals surface area contributed by atoms with Crippen LogP contribution in [0.4, 0.5) is 0 Å². The molecule has 0 fully saturated rings. The predicted octanol–water partition coefficient (Wildman–Crippen LogP) is 1.01. The third kappa shape index (κ3) is 2.74. The van der Waals surface area contributed by atoms with Crippen LogP contribution in [0.25, 0.3) is 0 Å². The number of nitrogens with zero attached hydrogens (tertiary/aromatic N) is 1. The Bertz CT molecular complexity index is 256. The lowest BCUT2D eigenvalue weighted by Gasteiger charge is -2.24. The molecule has 72 valence electrons. The van der Waals surface area contributed by atoms with Crippen LogP contribution < -0.4 is 0 Å². The minimum atomic E-state index is -1.20. The van der Waals surface area contributed by atoms with E-state index in [0.29, 0.717) is 0 Å². The van der Waals surface area contributed by atoms with Gasteiger partial charge in [0.2, 0.25) is 0 Å². The van der Waals surface area contributed by atoms with Crippen LogP contribution in [0.15, 0.2) is 24.9 Å². The number of carbonyl (C=O) groups excluding carboxylic acids is 1. The number of amides is 1. The molecule has 0 aliphatic rings. The number of rotatable bonds is 4. The SMILES string of the molecule is C=CC(=O)N(C(=C)C(=O)O)C(C)C. The first kappa shape index (κ1) is 11.4. The molecule has 0 aliphatic heterocycles. The molecule has 0 saturated heterocycles. The Kier molecular flexibility index (Phi) is 3.91. The molecule has 1 amide bonds. The second-order valence-corrected chi connectivity index (χ2v) is 2.76. The van der Waals surface area contributed by atoms with Gasteiger partial charge in [0.1, 0.15) is 5.70 Å². The summed E-state index contributed by atoms with van der Waals surface area (Å²) in [6.45, 7) is 9.99. The molecule has 0 aromatic heterocycles. The Labute approximate surface area is 77.2 Å². The van der Waals surface area contributed by atoms with Crippen LogP contribution in [0.2, 0.25) is 0 Å². The highest BCUT2D eigenvalue weighted by Crippen LogP contribution is 2.08. The van der Waals surface area contributed by atoms with Crippen LogP contribution in [-0.4, -0.2) is 27.9 Å². The van der Waals surface area contributed by atoms with Crippen LogP contribution in [0.5, 0.6) is 0 Å². The van der Waals surface area contributed by atoms with Crippen molar-refractivity contribution < 1.29 is 14.7 Å². The smallest absolute Gasteiger partial charge is 0.351 e. The van der Waals surface area contributed by atoms with E-state index in [1.54, 1.807) is 13.8 Å². The predicted molar refractivity (Wildman–Crippen MR) is 49.0 cm³/mol. The van der Waals surface area contributed by atoms with Gasteiger partial charge in [0.25, 0.3) is 5.91 Å². The van der Waals surface area contributed by atoms with Gasteiger partial charge in [0.05, 0.1) is 0 Å². The van der Waals surface area contributed by atoms with Gasteiger partial charge in [0.15, 0.2) is 0 Å². The van der Waals surface area contributed by atoms with Crippen molar-refractivity contribution in [3.8, 4) is 0 Å². The van der Waals surface area contributed by atoms with Crippen molar-refractivity contribution in [2.24, 2.45) is 0 Å². The molecule has 0 atom stereocenters. The number of carbonyl (C=O) groups is 2. The molecule has 0 bridgehead atoms. The fourth-order valence-corrected chi connectivity index (χ4v) is 0.901. The lowest BCUT2D eigenvalue weighted by atomic mass is 10.2. The quantitative estimate of drug-likeness (QED) is 0.662. The van der Waals surface area contributed by atoms with Crippen molar-refractivity contribution in [1.82, 2.24) is 4.90 Å². The average molecular weight is 183 g/mol. The van der Waals surface area contributed by atoms with Gasteiger partial charge in [0, 0.05) is 6.04 Å². The normalized spacial score (nSPS) is 9.46. The molecule has 4 nitrogen and oxygen atoms in total. The van der Waals surface area contributed by atoms with E-state index in [1.165, 1.54) is 0 Å². The van der Waals surface area contributed by atoms with Gasteiger partial charge < -0.3 is 10.0 Å². The molecular weight excluding hydrogens is 170 g/mol. The topological polar surface area (TPSA) is 57.6 Å². The van der Waals surface area contributed by atoms with Crippen molar-refractivity contribution >= 4 is 11.9 Å². The van der Waals surface area contributed by atoms with E-state index in [1.807, 2.05) is 0 Å². The van der Waals surface area contributed by atoms with E-state index >= 15 is 0 Å². The van der Waals surface area contributed by atoms with Crippen LogP contribution in [-0.2, 0) is 9.59 Å².